The molecule has 0 aliphatic heterocycles. The molecule has 1 heterocycles. The number of pyridine rings is 1. The number of hydrogen-bond acceptors (Lipinski definition) is 4. The van der Waals surface area contributed by atoms with Crippen LogP contribution in [-0.2, 0) is 6.54 Å². The minimum absolute atomic E-state index is 0.0644. The Bertz CT molecular complexity index is 450. The molecule has 90 valence electrons. The predicted octanol–water partition coefficient (Wildman–Crippen LogP) is 1.20. The van der Waals surface area contributed by atoms with Gasteiger partial charge >= 0.3 is 0 Å². The van der Waals surface area contributed by atoms with Crippen molar-refractivity contribution in [2.75, 3.05) is 0 Å². The molecule has 2 N–H and O–H groups in total. The van der Waals surface area contributed by atoms with Crippen LogP contribution in [0.5, 0.6) is 0 Å². The van der Waals surface area contributed by atoms with E-state index in [0.717, 1.165) is 12.0 Å². The summed E-state index contributed by atoms with van der Waals surface area (Å²) in [6.45, 7) is 4.83. The van der Waals surface area contributed by atoms with Crippen molar-refractivity contribution >= 4 is 0 Å². The Hall–Kier alpha value is -1.44. The molecule has 0 spiro atoms. The fourth-order valence-corrected chi connectivity index (χ4v) is 2.14. The first kappa shape index (κ1) is 12.0. The highest BCUT2D eigenvalue weighted by atomic mass is 16.3. The molecule has 2 rings (SSSR count). The summed E-state index contributed by atoms with van der Waals surface area (Å²) in [7, 11) is 0. The summed E-state index contributed by atoms with van der Waals surface area (Å²) < 4.78 is 0. The van der Waals surface area contributed by atoms with Crippen LogP contribution in [0.15, 0.2) is 18.3 Å². The van der Waals surface area contributed by atoms with Crippen molar-refractivity contribution in [1.82, 2.24) is 10.3 Å². The second-order valence-electron chi connectivity index (χ2n) is 5.17. The molecule has 1 fully saturated rings. The van der Waals surface area contributed by atoms with E-state index in [0.29, 0.717) is 18.3 Å². The molecule has 4 nitrogen and oxygen atoms in total. The smallest absolute Gasteiger partial charge is 0.140 e. The lowest BCUT2D eigenvalue weighted by Gasteiger charge is -2.49. The van der Waals surface area contributed by atoms with Crippen molar-refractivity contribution in [3.8, 4) is 6.07 Å². The van der Waals surface area contributed by atoms with E-state index >= 15 is 0 Å². The molecule has 0 aromatic carbocycles. The van der Waals surface area contributed by atoms with E-state index < -0.39 is 0 Å². The summed E-state index contributed by atoms with van der Waals surface area (Å²) in [4.78, 5) is 3.93. The maximum atomic E-state index is 9.63. The van der Waals surface area contributed by atoms with Gasteiger partial charge in [-0.3, -0.25) is 0 Å². The van der Waals surface area contributed by atoms with Crippen molar-refractivity contribution < 1.29 is 5.11 Å². The molecular weight excluding hydrogens is 214 g/mol. The average molecular weight is 231 g/mol. The van der Waals surface area contributed by atoms with Gasteiger partial charge < -0.3 is 10.4 Å². The number of aromatic nitrogens is 1. The lowest BCUT2D eigenvalue weighted by molar-refractivity contribution is -0.0729. The van der Waals surface area contributed by atoms with Gasteiger partial charge in [0.2, 0.25) is 0 Å². The van der Waals surface area contributed by atoms with E-state index in [4.69, 9.17) is 5.26 Å². The number of rotatable bonds is 3. The number of nitrogens with one attached hydrogen (secondary N) is 1. The van der Waals surface area contributed by atoms with Crippen LogP contribution in [0.1, 0.15) is 31.5 Å². The van der Waals surface area contributed by atoms with Gasteiger partial charge in [-0.05, 0) is 24.1 Å². The zero-order chi connectivity index (χ0) is 12.5. The van der Waals surface area contributed by atoms with Crippen LogP contribution in [0, 0.1) is 16.7 Å². The topological polar surface area (TPSA) is 68.9 Å². The van der Waals surface area contributed by atoms with E-state index in [1.54, 1.807) is 12.3 Å². The molecule has 1 aliphatic rings. The van der Waals surface area contributed by atoms with Gasteiger partial charge in [0.05, 0.1) is 6.10 Å². The third-order valence-corrected chi connectivity index (χ3v) is 3.71. The Morgan fingerprint density at radius 1 is 1.65 bits per heavy atom. The van der Waals surface area contributed by atoms with Crippen LogP contribution in [0.3, 0.4) is 0 Å². The number of aliphatic hydroxyl groups excluding tert-OH is 1. The molecule has 1 saturated carbocycles. The van der Waals surface area contributed by atoms with E-state index in [-0.39, 0.29) is 11.5 Å². The highest BCUT2D eigenvalue weighted by molar-refractivity contribution is 5.25. The van der Waals surface area contributed by atoms with Gasteiger partial charge in [-0.2, -0.15) is 5.26 Å². The second kappa shape index (κ2) is 4.44. The first-order valence-corrected chi connectivity index (χ1v) is 5.80. The van der Waals surface area contributed by atoms with E-state index in [1.807, 2.05) is 12.1 Å². The molecule has 0 saturated heterocycles. The number of aliphatic hydroxyl groups is 1. The highest BCUT2D eigenvalue weighted by Crippen LogP contribution is 2.40. The number of nitrogens with zero attached hydrogens (tertiary/aromatic N) is 2. The van der Waals surface area contributed by atoms with Crippen molar-refractivity contribution in [2.24, 2.45) is 5.41 Å². The van der Waals surface area contributed by atoms with Gasteiger partial charge in [0.15, 0.2) is 0 Å². The normalized spacial score (nSPS) is 26.0. The number of hydrogen-bond donors (Lipinski definition) is 2. The Morgan fingerprint density at radius 2 is 2.41 bits per heavy atom. The van der Waals surface area contributed by atoms with Crippen LogP contribution >= 0.6 is 0 Å². The van der Waals surface area contributed by atoms with E-state index in [2.05, 4.69) is 24.1 Å². The van der Waals surface area contributed by atoms with Gasteiger partial charge in [0.1, 0.15) is 11.8 Å². The molecular formula is C13H17N3O. The molecule has 4 heteroatoms. The van der Waals surface area contributed by atoms with Crippen LogP contribution in [-0.4, -0.2) is 22.2 Å². The molecule has 2 unspecified atom stereocenters. The lowest BCUT2D eigenvalue weighted by Crippen LogP contribution is -2.59. The summed E-state index contributed by atoms with van der Waals surface area (Å²) in [5, 5.41) is 21.8. The molecule has 1 aromatic rings. The van der Waals surface area contributed by atoms with E-state index in [9.17, 15) is 5.11 Å². The lowest BCUT2D eigenvalue weighted by atomic mass is 9.64. The van der Waals surface area contributed by atoms with Gasteiger partial charge in [0, 0.05) is 24.2 Å². The molecule has 0 radical (unpaired) electrons. The first-order valence-electron chi connectivity index (χ1n) is 5.80. The molecule has 2 atom stereocenters. The second-order valence-corrected chi connectivity index (χ2v) is 5.17. The molecule has 0 bridgehead atoms. The Morgan fingerprint density at radius 3 is 3.00 bits per heavy atom. The average Bonchev–Trinajstić information content (AvgIpc) is 2.34. The van der Waals surface area contributed by atoms with Gasteiger partial charge in [0.25, 0.3) is 0 Å². The first-order chi connectivity index (χ1) is 8.04. The molecule has 0 amide bonds. The quantitative estimate of drug-likeness (QED) is 0.820. The molecule has 17 heavy (non-hydrogen) atoms. The van der Waals surface area contributed by atoms with E-state index in [1.165, 1.54) is 0 Å². The van der Waals surface area contributed by atoms with Gasteiger partial charge in [-0.1, -0.05) is 13.8 Å². The summed E-state index contributed by atoms with van der Waals surface area (Å²) in [5.41, 5.74) is 1.43. The Balaban J connectivity index is 1.93. The Labute approximate surface area is 101 Å². The third kappa shape index (κ3) is 2.31. The summed E-state index contributed by atoms with van der Waals surface area (Å²) in [5.74, 6) is 0. The monoisotopic (exact) mass is 231 g/mol. The fraction of sp³-hybridized carbons (Fsp3) is 0.538. The SMILES string of the molecule is CC1(C)C(O)CC1NCc1ccnc(C#N)c1. The minimum Gasteiger partial charge on any atom is -0.392 e. The molecule has 1 aromatic heterocycles. The zero-order valence-electron chi connectivity index (χ0n) is 10.1. The maximum absolute atomic E-state index is 9.63. The third-order valence-electron chi connectivity index (χ3n) is 3.71. The summed E-state index contributed by atoms with van der Waals surface area (Å²) in [6.07, 6.45) is 2.23. The number of nitriles is 1. The van der Waals surface area contributed by atoms with Crippen molar-refractivity contribution in [3.63, 3.8) is 0 Å². The van der Waals surface area contributed by atoms with Crippen LogP contribution in [0.4, 0.5) is 0 Å². The molecule has 1 aliphatic carbocycles. The van der Waals surface area contributed by atoms with Crippen LogP contribution in [0.2, 0.25) is 0 Å². The zero-order valence-corrected chi connectivity index (χ0v) is 10.1. The maximum Gasteiger partial charge on any atom is 0.140 e. The largest absolute Gasteiger partial charge is 0.392 e. The highest BCUT2D eigenvalue weighted by Gasteiger charge is 2.46. The van der Waals surface area contributed by atoms with Crippen molar-refractivity contribution in [2.45, 2.75) is 39.0 Å². The van der Waals surface area contributed by atoms with Crippen molar-refractivity contribution in [1.29, 1.82) is 5.26 Å². The predicted molar refractivity (Wildman–Crippen MR) is 64.0 cm³/mol. The Kier molecular flexibility index (Phi) is 3.14. The standard InChI is InChI=1S/C13H17N3O/c1-13(2)11(6-12(13)17)16-8-9-3-4-15-10(5-9)7-14/h3-5,11-12,16-17H,6,8H2,1-2H3. The minimum atomic E-state index is -0.216. The fourth-order valence-electron chi connectivity index (χ4n) is 2.14. The van der Waals surface area contributed by atoms with Gasteiger partial charge in [-0.25, -0.2) is 4.98 Å². The van der Waals surface area contributed by atoms with Crippen LogP contribution < -0.4 is 5.32 Å². The van der Waals surface area contributed by atoms with Crippen molar-refractivity contribution in [3.05, 3.63) is 29.6 Å². The van der Waals surface area contributed by atoms with Crippen LogP contribution in [0.25, 0.3) is 0 Å². The van der Waals surface area contributed by atoms with Gasteiger partial charge in [-0.15, -0.1) is 0 Å². The summed E-state index contributed by atoms with van der Waals surface area (Å²) in [6, 6.07) is 6.04. The summed E-state index contributed by atoms with van der Waals surface area (Å²) >= 11 is 0.